The molecule has 0 aliphatic carbocycles. The van der Waals surface area contributed by atoms with Crippen LogP contribution in [-0.2, 0) is 0 Å². The van der Waals surface area contributed by atoms with Gasteiger partial charge in [-0.25, -0.2) is 0 Å². The van der Waals surface area contributed by atoms with Crippen LogP contribution in [-0.4, -0.2) is 22.0 Å². The zero-order valence-corrected chi connectivity index (χ0v) is 17.9. The maximum atomic E-state index is 5.92. The van der Waals surface area contributed by atoms with Crippen molar-refractivity contribution >= 4 is 5.71 Å². The highest BCUT2D eigenvalue weighted by Crippen LogP contribution is 2.28. The van der Waals surface area contributed by atoms with Crippen molar-refractivity contribution in [1.29, 1.82) is 0 Å². The minimum absolute atomic E-state index is 0.397. The molecule has 158 valence electrons. The van der Waals surface area contributed by atoms with Gasteiger partial charge in [-0.1, -0.05) is 109 Å². The first kappa shape index (κ1) is 19.3. The van der Waals surface area contributed by atoms with E-state index in [0.717, 1.165) is 22.5 Å². The Morgan fingerprint density at radius 1 is 0.545 bits per heavy atom. The lowest BCUT2D eigenvalue weighted by Crippen LogP contribution is -2.20. The van der Waals surface area contributed by atoms with Crippen molar-refractivity contribution < 1.29 is 4.74 Å². The van der Waals surface area contributed by atoms with Crippen LogP contribution in [0.5, 0.6) is 6.01 Å². The number of hydrogen-bond acceptors (Lipinski definition) is 3. The van der Waals surface area contributed by atoms with E-state index < -0.39 is 0 Å². The van der Waals surface area contributed by atoms with Gasteiger partial charge in [0.25, 0.3) is 0 Å². The number of hydrogen-bond donors (Lipinski definition) is 0. The second kappa shape index (κ2) is 8.24. The van der Waals surface area contributed by atoms with Gasteiger partial charge >= 0.3 is 6.01 Å². The van der Waals surface area contributed by atoms with Crippen LogP contribution in [0.15, 0.2) is 120 Å². The highest BCUT2D eigenvalue weighted by Gasteiger charge is 2.18. The SMILES string of the molecule is c1ccc(-c2ccc(C3=Nn4cc(-c5ccc(-c6ccccc6)cc5)nc4OC3)cc2)cc1. The van der Waals surface area contributed by atoms with Crippen LogP contribution < -0.4 is 4.74 Å². The first-order valence-electron chi connectivity index (χ1n) is 11.0. The molecule has 0 amide bonds. The molecule has 0 radical (unpaired) electrons. The fourth-order valence-electron chi connectivity index (χ4n) is 4.05. The molecule has 0 N–H and O–H groups in total. The van der Waals surface area contributed by atoms with Gasteiger partial charge in [0.1, 0.15) is 12.3 Å². The van der Waals surface area contributed by atoms with Crippen molar-refractivity contribution in [2.45, 2.75) is 0 Å². The molecule has 5 aromatic rings. The third kappa shape index (κ3) is 3.83. The molecule has 1 aromatic heterocycles. The van der Waals surface area contributed by atoms with Gasteiger partial charge < -0.3 is 4.74 Å². The number of imidazole rings is 1. The summed E-state index contributed by atoms with van der Waals surface area (Å²) < 4.78 is 7.65. The van der Waals surface area contributed by atoms with E-state index in [0.29, 0.717) is 12.6 Å². The number of nitrogens with zero attached hydrogens (tertiary/aromatic N) is 3. The molecule has 0 atom stereocenters. The minimum atomic E-state index is 0.397. The highest BCUT2D eigenvalue weighted by atomic mass is 16.5. The lowest BCUT2D eigenvalue weighted by Gasteiger charge is -2.14. The molecule has 4 aromatic carbocycles. The summed E-state index contributed by atoms with van der Waals surface area (Å²) in [4.78, 5) is 4.64. The standard InChI is InChI=1S/C29H21N3O/c1-3-7-21(8-4-1)23-11-15-25(16-12-23)27-19-32-29(30-27)33-20-28(31-32)26-17-13-24(14-18-26)22-9-5-2-6-10-22/h1-19H,20H2. The third-order valence-corrected chi connectivity index (χ3v) is 5.84. The van der Waals surface area contributed by atoms with Crippen molar-refractivity contribution in [2.75, 3.05) is 6.61 Å². The van der Waals surface area contributed by atoms with E-state index in [-0.39, 0.29) is 0 Å². The van der Waals surface area contributed by atoms with Gasteiger partial charge in [0.2, 0.25) is 0 Å². The molecular formula is C29H21N3O. The zero-order valence-electron chi connectivity index (χ0n) is 17.9. The Morgan fingerprint density at radius 2 is 1.03 bits per heavy atom. The molecule has 1 aliphatic heterocycles. The van der Waals surface area contributed by atoms with Crippen LogP contribution in [0.2, 0.25) is 0 Å². The summed E-state index contributed by atoms with van der Waals surface area (Å²) in [5, 5.41) is 4.78. The van der Waals surface area contributed by atoms with Gasteiger partial charge in [-0.05, 0) is 22.3 Å². The maximum Gasteiger partial charge on any atom is 0.318 e. The molecule has 0 saturated heterocycles. The molecule has 6 rings (SSSR count). The van der Waals surface area contributed by atoms with Crippen molar-refractivity contribution in [3.05, 3.63) is 121 Å². The molecule has 0 bridgehead atoms. The smallest absolute Gasteiger partial charge is 0.318 e. The fourth-order valence-corrected chi connectivity index (χ4v) is 4.05. The van der Waals surface area contributed by atoms with Gasteiger partial charge in [0.05, 0.1) is 11.9 Å². The summed E-state index contributed by atoms with van der Waals surface area (Å²) in [5.41, 5.74) is 8.56. The Labute approximate surface area is 192 Å². The summed E-state index contributed by atoms with van der Waals surface area (Å²) in [7, 11) is 0. The first-order chi connectivity index (χ1) is 16.3. The molecule has 0 saturated carbocycles. The minimum Gasteiger partial charge on any atom is -0.457 e. The molecule has 33 heavy (non-hydrogen) atoms. The molecule has 1 aliphatic rings. The number of aromatic nitrogens is 2. The van der Waals surface area contributed by atoms with Crippen LogP contribution in [0.25, 0.3) is 33.5 Å². The van der Waals surface area contributed by atoms with Crippen molar-refractivity contribution in [1.82, 2.24) is 9.66 Å². The fraction of sp³-hybridized carbons (Fsp3) is 0.0345. The van der Waals surface area contributed by atoms with Gasteiger partial charge in [0, 0.05) is 11.1 Å². The first-order valence-corrected chi connectivity index (χ1v) is 11.0. The van der Waals surface area contributed by atoms with Crippen molar-refractivity contribution in [3.63, 3.8) is 0 Å². The lowest BCUT2D eigenvalue weighted by atomic mass is 10.0. The average molecular weight is 428 g/mol. The Kier molecular flexibility index (Phi) is 4.81. The van der Waals surface area contributed by atoms with Gasteiger partial charge in [0.15, 0.2) is 0 Å². The second-order valence-electron chi connectivity index (χ2n) is 7.98. The van der Waals surface area contributed by atoms with Gasteiger partial charge in [-0.3, -0.25) is 0 Å². The highest BCUT2D eigenvalue weighted by molar-refractivity contribution is 6.02. The Hall–Kier alpha value is -4.44. The Morgan fingerprint density at radius 3 is 1.61 bits per heavy atom. The van der Waals surface area contributed by atoms with Crippen LogP contribution in [0.3, 0.4) is 0 Å². The largest absolute Gasteiger partial charge is 0.457 e. The van der Waals surface area contributed by atoms with E-state index in [4.69, 9.17) is 9.84 Å². The number of rotatable bonds is 4. The van der Waals surface area contributed by atoms with Crippen LogP contribution >= 0.6 is 0 Å². The van der Waals surface area contributed by atoms with Crippen molar-refractivity contribution in [3.8, 4) is 39.5 Å². The summed E-state index contributed by atoms with van der Waals surface area (Å²) >= 11 is 0. The van der Waals surface area contributed by atoms with Crippen LogP contribution in [0, 0.1) is 0 Å². The number of benzene rings is 4. The van der Waals surface area contributed by atoms with Crippen molar-refractivity contribution in [2.24, 2.45) is 5.10 Å². The van der Waals surface area contributed by atoms with Crippen LogP contribution in [0.4, 0.5) is 0 Å². The van der Waals surface area contributed by atoms with E-state index in [9.17, 15) is 0 Å². The van der Waals surface area contributed by atoms with Gasteiger partial charge in [-0.15, -0.1) is 0 Å². The molecule has 4 nitrogen and oxygen atoms in total. The normalized spacial score (nSPS) is 12.5. The molecule has 4 heteroatoms. The van der Waals surface area contributed by atoms with Crippen LogP contribution in [0.1, 0.15) is 5.56 Å². The van der Waals surface area contributed by atoms with E-state index in [1.54, 1.807) is 4.68 Å². The summed E-state index contributed by atoms with van der Waals surface area (Å²) in [6.07, 6.45) is 1.92. The van der Waals surface area contributed by atoms with E-state index >= 15 is 0 Å². The second-order valence-corrected chi connectivity index (χ2v) is 7.98. The lowest BCUT2D eigenvalue weighted by molar-refractivity contribution is 0.319. The predicted octanol–water partition coefficient (Wildman–Crippen LogP) is 6.53. The quantitative estimate of drug-likeness (QED) is 0.327. The Bertz CT molecular complexity index is 1420. The molecule has 0 unspecified atom stereocenters. The molecular weight excluding hydrogens is 406 g/mol. The van der Waals surface area contributed by atoms with E-state index in [2.05, 4.69) is 102 Å². The summed E-state index contributed by atoms with van der Waals surface area (Å²) in [5.74, 6) is 0. The molecule has 2 heterocycles. The molecule has 0 fully saturated rings. The maximum absolute atomic E-state index is 5.92. The average Bonchev–Trinajstić information content (AvgIpc) is 3.33. The summed E-state index contributed by atoms with van der Waals surface area (Å²) in [6, 6.07) is 38.1. The number of fused-ring (bicyclic) bond motifs is 1. The Balaban J connectivity index is 1.25. The monoisotopic (exact) mass is 427 g/mol. The summed E-state index contributed by atoms with van der Waals surface area (Å²) in [6.45, 7) is 0.397. The topological polar surface area (TPSA) is 39.4 Å². The zero-order chi connectivity index (χ0) is 22.0. The van der Waals surface area contributed by atoms with E-state index in [1.165, 1.54) is 22.3 Å². The van der Waals surface area contributed by atoms with E-state index in [1.807, 2.05) is 18.3 Å². The molecule has 0 spiro atoms. The third-order valence-electron chi connectivity index (χ3n) is 5.84. The number of ether oxygens (including phenoxy) is 1. The van der Waals surface area contributed by atoms with Gasteiger partial charge in [-0.2, -0.15) is 14.8 Å². The predicted molar refractivity (Wildman–Crippen MR) is 132 cm³/mol.